The molecule has 0 saturated heterocycles. The summed E-state index contributed by atoms with van der Waals surface area (Å²) in [5, 5.41) is 19.4. The molecule has 0 amide bonds. The number of rotatable bonds is 6. The van der Waals surface area contributed by atoms with Gasteiger partial charge in [0, 0.05) is 0 Å². The van der Waals surface area contributed by atoms with E-state index in [1.165, 1.54) is 49.7 Å². The first kappa shape index (κ1) is 19.3. The molecule has 0 aromatic heterocycles. The van der Waals surface area contributed by atoms with Crippen molar-refractivity contribution in [3.05, 3.63) is 59.7 Å². The van der Waals surface area contributed by atoms with Crippen LogP contribution < -0.4 is 4.74 Å². The Balaban J connectivity index is 1.42. The molecule has 0 heterocycles. The van der Waals surface area contributed by atoms with E-state index in [0.29, 0.717) is 5.75 Å². The predicted octanol–water partition coefficient (Wildman–Crippen LogP) is 5.16. The van der Waals surface area contributed by atoms with Crippen molar-refractivity contribution in [2.75, 3.05) is 12.5 Å². The van der Waals surface area contributed by atoms with Gasteiger partial charge < -0.3 is 14.9 Å². The quantitative estimate of drug-likeness (QED) is 0.644. The molecule has 154 valence electrons. The smallest absolute Gasteiger partial charge is 0.119 e. The highest BCUT2D eigenvalue weighted by molar-refractivity contribution is 6.18. The summed E-state index contributed by atoms with van der Waals surface area (Å²) in [6, 6.07) is 16.6. The van der Waals surface area contributed by atoms with Crippen LogP contribution in [0.2, 0.25) is 0 Å². The number of aliphatic hydroxyl groups is 1. The molecule has 0 radical (unpaired) electrons. The van der Waals surface area contributed by atoms with E-state index in [4.69, 9.17) is 16.3 Å². The van der Waals surface area contributed by atoms with Crippen LogP contribution in [0.15, 0.2) is 48.5 Å². The molecule has 4 aliphatic carbocycles. The van der Waals surface area contributed by atoms with Gasteiger partial charge in [0.2, 0.25) is 0 Å². The minimum Gasteiger partial charge on any atom is -0.508 e. The molecule has 4 saturated carbocycles. The zero-order valence-corrected chi connectivity index (χ0v) is 17.4. The SMILES string of the molecule is Oc1ccc(C23CC4CC(C2)CC(c2ccc(OCC(O)CCl)cc2)(C4)C3)cc1. The number of hydrogen-bond donors (Lipinski definition) is 2. The van der Waals surface area contributed by atoms with Crippen LogP contribution in [-0.2, 0) is 10.8 Å². The van der Waals surface area contributed by atoms with E-state index >= 15 is 0 Å². The zero-order chi connectivity index (χ0) is 20.1. The summed E-state index contributed by atoms with van der Waals surface area (Å²) in [4.78, 5) is 0. The number of ether oxygens (including phenoxy) is 1. The van der Waals surface area contributed by atoms with Crippen molar-refractivity contribution in [1.82, 2.24) is 0 Å². The second-order valence-electron chi connectivity index (χ2n) is 9.71. The summed E-state index contributed by atoms with van der Waals surface area (Å²) in [6.07, 6.45) is 7.08. The van der Waals surface area contributed by atoms with Crippen molar-refractivity contribution in [2.24, 2.45) is 11.8 Å². The molecule has 3 nitrogen and oxygen atoms in total. The summed E-state index contributed by atoms with van der Waals surface area (Å²) in [7, 11) is 0. The molecular formula is C25H29ClO3. The Kier molecular flexibility index (Phi) is 4.79. The number of benzene rings is 2. The summed E-state index contributed by atoms with van der Waals surface area (Å²) < 4.78 is 5.67. The minimum absolute atomic E-state index is 0.184. The second-order valence-corrected chi connectivity index (χ2v) is 10.0. The van der Waals surface area contributed by atoms with Gasteiger partial charge in [0.25, 0.3) is 0 Å². The Hall–Kier alpha value is -1.71. The Bertz CT molecular complexity index is 847. The fourth-order valence-electron chi connectivity index (χ4n) is 6.89. The van der Waals surface area contributed by atoms with Crippen LogP contribution in [0.3, 0.4) is 0 Å². The van der Waals surface area contributed by atoms with Gasteiger partial charge in [-0.15, -0.1) is 11.6 Å². The monoisotopic (exact) mass is 412 g/mol. The highest BCUT2D eigenvalue weighted by Gasteiger charge is 2.58. The zero-order valence-electron chi connectivity index (χ0n) is 16.7. The van der Waals surface area contributed by atoms with Crippen molar-refractivity contribution < 1.29 is 14.9 Å². The van der Waals surface area contributed by atoms with Gasteiger partial charge in [-0.2, -0.15) is 0 Å². The molecule has 29 heavy (non-hydrogen) atoms. The Morgan fingerprint density at radius 2 is 1.41 bits per heavy atom. The van der Waals surface area contributed by atoms with Crippen molar-refractivity contribution in [2.45, 2.75) is 55.5 Å². The minimum atomic E-state index is -0.635. The number of phenolic OH excluding ortho intramolecular Hbond substituents is 1. The Morgan fingerprint density at radius 1 is 0.897 bits per heavy atom. The van der Waals surface area contributed by atoms with Gasteiger partial charge >= 0.3 is 0 Å². The molecule has 3 unspecified atom stereocenters. The molecular weight excluding hydrogens is 384 g/mol. The van der Waals surface area contributed by atoms with Gasteiger partial charge in [-0.25, -0.2) is 0 Å². The third-order valence-corrected chi connectivity index (χ3v) is 7.98. The lowest BCUT2D eigenvalue weighted by atomic mass is 9.42. The van der Waals surface area contributed by atoms with Gasteiger partial charge in [0.1, 0.15) is 24.2 Å². The highest BCUT2D eigenvalue weighted by Crippen LogP contribution is 2.66. The predicted molar refractivity (Wildman–Crippen MR) is 115 cm³/mol. The topological polar surface area (TPSA) is 49.7 Å². The van der Waals surface area contributed by atoms with Gasteiger partial charge in [-0.05, 0) is 96.6 Å². The lowest BCUT2D eigenvalue weighted by Crippen LogP contribution is -2.55. The number of alkyl halides is 1. The Labute approximate surface area is 177 Å². The first-order valence-corrected chi connectivity index (χ1v) is 11.3. The maximum atomic E-state index is 9.75. The molecule has 2 N–H and O–H groups in total. The van der Waals surface area contributed by atoms with Gasteiger partial charge in [-0.3, -0.25) is 0 Å². The van der Waals surface area contributed by atoms with Crippen LogP contribution in [0.5, 0.6) is 11.5 Å². The van der Waals surface area contributed by atoms with E-state index in [0.717, 1.165) is 17.6 Å². The highest BCUT2D eigenvalue weighted by atomic mass is 35.5. The van der Waals surface area contributed by atoms with Crippen molar-refractivity contribution in [1.29, 1.82) is 0 Å². The molecule has 2 aromatic carbocycles. The van der Waals surface area contributed by atoms with E-state index in [1.807, 2.05) is 24.3 Å². The molecule has 4 fully saturated rings. The van der Waals surface area contributed by atoms with E-state index in [-0.39, 0.29) is 23.3 Å². The van der Waals surface area contributed by atoms with Gasteiger partial charge in [0.15, 0.2) is 0 Å². The fourth-order valence-corrected chi connectivity index (χ4v) is 6.98. The maximum Gasteiger partial charge on any atom is 0.119 e. The maximum absolute atomic E-state index is 9.75. The van der Waals surface area contributed by atoms with Crippen LogP contribution in [0.4, 0.5) is 0 Å². The summed E-state index contributed by atoms with van der Waals surface area (Å²) >= 11 is 5.65. The number of aliphatic hydroxyl groups excluding tert-OH is 1. The van der Waals surface area contributed by atoms with Gasteiger partial charge in [-0.1, -0.05) is 24.3 Å². The summed E-state index contributed by atoms with van der Waals surface area (Å²) in [5.74, 6) is 2.90. The van der Waals surface area contributed by atoms with E-state index < -0.39 is 6.10 Å². The lowest BCUT2D eigenvalue weighted by Gasteiger charge is -2.62. The first-order chi connectivity index (χ1) is 14.0. The molecule has 0 aliphatic heterocycles. The van der Waals surface area contributed by atoms with E-state index in [2.05, 4.69) is 24.3 Å². The normalized spacial score (nSPS) is 33.6. The molecule has 4 aliphatic rings. The molecule has 6 rings (SSSR count). The molecule has 0 spiro atoms. The third-order valence-electron chi connectivity index (χ3n) is 7.63. The summed E-state index contributed by atoms with van der Waals surface area (Å²) in [6.45, 7) is 0.224. The molecule has 2 aromatic rings. The standard InChI is InChI=1S/C25H29ClO3/c26-14-22(28)15-29-23-7-3-20(4-8-23)25-12-17-9-18(13-25)11-24(10-17,16-25)19-1-5-21(27)6-2-19/h1-8,17-18,22,27-28H,9-16H2. The molecule has 3 atom stereocenters. The summed E-state index contributed by atoms with van der Waals surface area (Å²) in [5.41, 5.74) is 3.33. The van der Waals surface area contributed by atoms with Crippen molar-refractivity contribution in [3.8, 4) is 11.5 Å². The third kappa shape index (κ3) is 3.43. The van der Waals surface area contributed by atoms with Crippen LogP contribution in [0.1, 0.15) is 49.7 Å². The van der Waals surface area contributed by atoms with E-state index in [1.54, 1.807) is 0 Å². The average molecular weight is 413 g/mol. The second kappa shape index (κ2) is 7.21. The number of phenols is 1. The largest absolute Gasteiger partial charge is 0.508 e. The van der Waals surface area contributed by atoms with Crippen molar-refractivity contribution >= 4 is 11.6 Å². The van der Waals surface area contributed by atoms with Gasteiger partial charge in [0.05, 0.1) is 5.88 Å². The molecule has 4 heteroatoms. The number of aromatic hydroxyl groups is 1. The fraction of sp³-hybridized carbons (Fsp3) is 0.520. The van der Waals surface area contributed by atoms with E-state index in [9.17, 15) is 10.2 Å². The number of halogens is 1. The average Bonchev–Trinajstić information content (AvgIpc) is 2.72. The van der Waals surface area contributed by atoms with Crippen LogP contribution in [-0.4, -0.2) is 28.8 Å². The number of hydrogen-bond acceptors (Lipinski definition) is 3. The van der Waals surface area contributed by atoms with Crippen LogP contribution in [0.25, 0.3) is 0 Å². The Morgan fingerprint density at radius 3 is 1.93 bits per heavy atom. The first-order valence-electron chi connectivity index (χ1n) is 10.8. The van der Waals surface area contributed by atoms with Crippen LogP contribution >= 0.6 is 11.6 Å². The van der Waals surface area contributed by atoms with Crippen LogP contribution in [0, 0.1) is 11.8 Å². The lowest BCUT2D eigenvalue weighted by molar-refractivity contribution is -0.0281. The molecule has 4 bridgehead atoms. The van der Waals surface area contributed by atoms with Crippen molar-refractivity contribution in [3.63, 3.8) is 0 Å².